The van der Waals surface area contributed by atoms with Gasteiger partial charge in [-0.25, -0.2) is 0 Å². The van der Waals surface area contributed by atoms with Crippen molar-refractivity contribution >= 4 is 32.3 Å². The topological polar surface area (TPSA) is 12.9 Å². The van der Waals surface area contributed by atoms with Gasteiger partial charge in [0, 0.05) is 11.8 Å². The fourth-order valence-corrected chi connectivity index (χ4v) is 9.04. The Bertz CT molecular complexity index is 2690. The largest absolute Gasteiger partial charge is 0.256 e. The summed E-state index contributed by atoms with van der Waals surface area (Å²) in [6.45, 7) is 0. The normalized spacial score (nSPS) is 13.7. The molecule has 0 fully saturated rings. The fourth-order valence-electron chi connectivity index (χ4n) is 9.04. The molecule has 0 radical (unpaired) electrons. The van der Waals surface area contributed by atoms with Crippen LogP contribution in [0.15, 0.2) is 164 Å². The van der Waals surface area contributed by atoms with Gasteiger partial charge in [0.25, 0.3) is 0 Å². The molecule has 47 heavy (non-hydrogen) atoms. The van der Waals surface area contributed by atoms with Crippen LogP contribution in [0.3, 0.4) is 0 Å². The number of nitrogens with zero attached hydrogens (tertiary/aromatic N) is 1. The Morgan fingerprint density at radius 2 is 0.915 bits per heavy atom. The number of pyridine rings is 1. The highest BCUT2D eigenvalue weighted by atomic mass is 14.7. The molecule has 0 saturated carbocycles. The maximum atomic E-state index is 5.07. The monoisotopic (exact) mass is 593 g/mol. The van der Waals surface area contributed by atoms with Crippen molar-refractivity contribution in [3.8, 4) is 44.6 Å². The molecule has 11 rings (SSSR count). The van der Waals surface area contributed by atoms with Gasteiger partial charge in [-0.1, -0.05) is 146 Å². The molecule has 216 valence electrons. The number of rotatable bonds is 2. The third-order valence-corrected chi connectivity index (χ3v) is 10.9. The standard InChI is InChI=1S/C46H27N/c1-2-9-28(10-3-1)32-21-16-29-19-24-37-33(22-17-30-18-23-36(32)43(29)44(30)37)31-20-25-41-38(27-31)45-42(15-8-26-47-45)46(41)39-13-6-4-11-34(39)35-12-5-7-14-40(35)46/h1-27H. The molecule has 0 aliphatic heterocycles. The number of fused-ring (bicyclic) bond motifs is 10. The number of hydrogen-bond donors (Lipinski definition) is 0. The lowest BCUT2D eigenvalue weighted by atomic mass is 9.70. The molecule has 2 aliphatic carbocycles. The number of hydrogen-bond acceptors (Lipinski definition) is 1. The van der Waals surface area contributed by atoms with E-state index in [-0.39, 0.29) is 5.41 Å². The summed E-state index contributed by atoms with van der Waals surface area (Å²) >= 11 is 0. The van der Waals surface area contributed by atoms with Gasteiger partial charge in [-0.3, -0.25) is 4.98 Å². The molecule has 1 heteroatoms. The zero-order valence-corrected chi connectivity index (χ0v) is 25.5. The summed E-state index contributed by atoms with van der Waals surface area (Å²) in [7, 11) is 0. The number of benzene rings is 8. The highest BCUT2D eigenvalue weighted by Gasteiger charge is 2.52. The first kappa shape index (κ1) is 25.2. The van der Waals surface area contributed by atoms with E-state index in [9.17, 15) is 0 Å². The average Bonchev–Trinajstić information content (AvgIpc) is 3.61. The molecule has 1 nitrogen and oxygen atoms in total. The molecule has 1 spiro atoms. The SMILES string of the molecule is c1ccc(-c2ccc3ccc4c(-c5ccc6c(c5)-c5ncccc5C65c6ccccc6-c6ccccc65)ccc5ccc2c3c54)cc1. The molecule has 0 saturated heterocycles. The number of aromatic nitrogens is 1. The summed E-state index contributed by atoms with van der Waals surface area (Å²) in [5.74, 6) is 0. The third-order valence-electron chi connectivity index (χ3n) is 10.9. The van der Waals surface area contributed by atoms with Crippen LogP contribution in [0.2, 0.25) is 0 Å². The Morgan fingerprint density at radius 1 is 0.362 bits per heavy atom. The van der Waals surface area contributed by atoms with Crippen LogP contribution in [0.25, 0.3) is 77.0 Å². The van der Waals surface area contributed by atoms with Crippen molar-refractivity contribution in [3.05, 3.63) is 186 Å². The lowest BCUT2D eigenvalue weighted by Crippen LogP contribution is -2.25. The van der Waals surface area contributed by atoms with Crippen molar-refractivity contribution < 1.29 is 0 Å². The Labute approximate surface area is 272 Å². The van der Waals surface area contributed by atoms with Crippen molar-refractivity contribution in [2.24, 2.45) is 0 Å². The van der Waals surface area contributed by atoms with Gasteiger partial charge in [0.15, 0.2) is 0 Å². The Morgan fingerprint density at radius 3 is 1.60 bits per heavy atom. The van der Waals surface area contributed by atoms with Gasteiger partial charge in [0.2, 0.25) is 0 Å². The maximum absolute atomic E-state index is 5.07. The lowest BCUT2D eigenvalue weighted by Gasteiger charge is -2.30. The molecule has 8 aromatic carbocycles. The molecular formula is C46H27N. The zero-order valence-electron chi connectivity index (χ0n) is 25.5. The second kappa shape index (κ2) is 9.02. The van der Waals surface area contributed by atoms with Crippen LogP contribution in [-0.4, -0.2) is 4.98 Å². The van der Waals surface area contributed by atoms with E-state index in [4.69, 9.17) is 4.98 Å². The van der Waals surface area contributed by atoms with E-state index < -0.39 is 0 Å². The van der Waals surface area contributed by atoms with Gasteiger partial charge in [-0.15, -0.1) is 0 Å². The van der Waals surface area contributed by atoms with Gasteiger partial charge in [0.1, 0.15) is 0 Å². The Hall–Kier alpha value is -6.05. The molecule has 1 aromatic heterocycles. The van der Waals surface area contributed by atoms with Gasteiger partial charge in [-0.05, 0) is 100 Å². The zero-order chi connectivity index (χ0) is 30.7. The van der Waals surface area contributed by atoms with Gasteiger partial charge >= 0.3 is 0 Å². The molecule has 0 amide bonds. The molecular weight excluding hydrogens is 567 g/mol. The van der Waals surface area contributed by atoms with E-state index in [1.165, 1.54) is 93.5 Å². The van der Waals surface area contributed by atoms with Crippen molar-refractivity contribution in [3.63, 3.8) is 0 Å². The summed E-state index contributed by atoms with van der Waals surface area (Å²) in [4.78, 5) is 5.07. The van der Waals surface area contributed by atoms with Crippen molar-refractivity contribution in [2.75, 3.05) is 0 Å². The first-order valence-electron chi connectivity index (χ1n) is 16.4. The lowest BCUT2D eigenvalue weighted by molar-refractivity contribution is 0.791. The van der Waals surface area contributed by atoms with Crippen LogP contribution in [0.5, 0.6) is 0 Å². The highest BCUT2D eigenvalue weighted by Crippen LogP contribution is 2.62. The maximum Gasteiger partial charge on any atom is 0.0753 e. The quantitative estimate of drug-likeness (QED) is 0.182. The van der Waals surface area contributed by atoms with Crippen LogP contribution < -0.4 is 0 Å². The summed E-state index contributed by atoms with van der Waals surface area (Å²) < 4.78 is 0. The summed E-state index contributed by atoms with van der Waals surface area (Å²) in [5, 5.41) is 7.83. The highest BCUT2D eigenvalue weighted by molar-refractivity contribution is 6.27. The summed E-state index contributed by atoms with van der Waals surface area (Å²) in [6.07, 6.45) is 1.95. The molecule has 2 aliphatic rings. The smallest absolute Gasteiger partial charge is 0.0753 e. The minimum atomic E-state index is -0.374. The fraction of sp³-hybridized carbons (Fsp3) is 0.0217. The predicted molar refractivity (Wildman–Crippen MR) is 195 cm³/mol. The van der Waals surface area contributed by atoms with E-state index >= 15 is 0 Å². The minimum absolute atomic E-state index is 0.374. The molecule has 0 atom stereocenters. The van der Waals surface area contributed by atoms with Crippen molar-refractivity contribution in [2.45, 2.75) is 5.41 Å². The van der Waals surface area contributed by atoms with E-state index in [0.29, 0.717) is 0 Å². The molecule has 0 unspecified atom stereocenters. The van der Waals surface area contributed by atoms with Crippen molar-refractivity contribution in [1.29, 1.82) is 0 Å². The van der Waals surface area contributed by atoms with Crippen LogP contribution >= 0.6 is 0 Å². The van der Waals surface area contributed by atoms with E-state index in [1.807, 2.05) is 6.20 Å². The molecule has 0 bridgehead atoms. The predicted octanol–water partition coefficient (Wildman–Crippen LogP) is 11.7. The van der Waals surface area contributed by atoms with Crippen molar-refractivity contribution in [1.82, 2.24) is 4.98 Å². The van der Waals surface area contributed by atoms with E-state index in [2.05, 4.69) is 158 Å². The van der Waals surface area contributed by atoms with Crippen LogP contribution in [0, 0.1) is 0 Å². The molecule has 1 heterocycles. The Balaban J connectivity index is 1.18. The Kier molecular flexibility index (Phi) is 4.83. The van der Waals surface area contributed by atoms with Gasteiger partial charge < -0.3 is 0 Å². The van der Waals surface area contributed by atoms with Gasteiger partial charge in [-0.2, -0.15) is 0 Å². The first-order valence-corrected chi connectivity index (χ1v) is 16.4. The van der Waals surface area contributed by atoms with Crippen LogP contribution in [-0.2, 0) is 5.41 Å². The van der Waals surface area contributed by atoms with Crippen LogP contribution in [0.4, 0.5) is 0 Å². The second-order valence-electron chi connectivity index (χ2n) is 13.0. The second-order valence-corrected chi connectivity index (χ2v) is 13.0. The third kappa shape index (κ3) is 3.11. The van der Waals surface area contributed by atoms with E-state index in [0.717, 1.165) is 5.69 Å². The van der Waals surface area contributed by atoms with E-state index in [1.54, 1.807) is 0 Å². The van der Waals surface area contributed by atoms with Gasteiger partial charge in [0.05, 0.1) is 11.1 Å². The minimum Gasteiger partial charge on any atom is -0.256 e. The molecule has 0 N–H and O–H groups in total. The average molecular weight is 594 g/mol. The molecule has 9 aromatic rings. The van der Waals surface area contributed by atoms with Crippen LogP contribution in [0.1, 0.15) is 22.3 Å². The summed E-state index contributed by atoms with van der Waals surface area (Å²) in [5.41, 5.74) is 14.9. The summed E-state index contributed by atoms with van der Waals surface area (Å²) in [6, 6.07) is 58.6. The first-order chi connectivity index (χ1) is 23.3.